The molecule has 0 aliphatic carbocycles. The summed E-state index contributed by atoms with van der Waals surface area (Å²) >= 11 is 1.86. The van der Waals surface area contributed by atoms with Crippen molar-refractivity contribution >= 4 is 75.3 Å². The second-order valence-corrected chi connectivity index (χ2v) is 11.3. The topological polar surface area (TPSA) is 18.1 Å². The van der Waals surface area contributed by atoms with Crippen LogP contribution in [0.3, 0.4) is 0 Å². The van der Waals surface area contributed by atoms with Gasteiger partial charge in [0.25, 0.3) is 0 Å². The number of furan rings is 1. The number of nitrogens with zero attached hydrogens (tertiary/aromatic N) is 1. The van der Waals surface area contributed by atoms with Crippen LogP contribution in [0.1, 0.15) is 0 Å². The molecule has 0 saturated carbocycles. The van der Waals surface area contributed by atoms with Gasteiger partial charge in [-0.2, -0.15) is 0 Å². The molecule has 0 unspecified atom stereocenters. The largest absolute Gasteiger partial charge is 0.456 e. The van der Waals surface area contributed by atoms with Crippen molar-refractivity contribution < 1.29 is 4.42 Å². The van der Waals surface area contributed by atoms with E-state index in [9.17, 15) is 0 Å². The number of aromatic nitrogens is 1. The number of thiophene rings is 1. The van der Waals surface area contributed by atoms with Crippen LogP contribution in [0.2, 0.25) is 0 Å². The van der Waals surface area contributed by atoms with E-state index >= 15 is 0 Å². The van der Waals surface area contributed by atoms with Crippen LogP contribution in [0.15, 0.2) is 132 Å². The molecular weight excluding hydrogens is 494 g/mol. The molecule has 0 N–H and O–H groups in total. The number of rotatable bonds is 2. The fourth-order valence-electron chi connectivity index (χ4n) is 6.19. The predicted octanol–water partition coefficient (Wildman–Crippen LogP) is 10.7. The first-order chi connectivity index (χ1) is 19.3. The average molecular weight is 516 g/mol. The van der Waals surface area contributed by atoms with E-state index in [2.05, 4.69) is 120 Å². The Hall–Kier alpha value is -4.86. The molecule has 0 saturated heterocycles. The minimum atomic E-state index is 0.925. The molecule has 6 aromatic carbocycles. The van der Waals surface area contributed by atoms with Gasteiger partial charge in [-0.05, 0) is 71.8 Å². The van der Waals surface area contributed by atoms with Crippen molar-refractivity contribution in [1.29, 1.82) is 0 Å². The molecule has 0 amide bonds. The van der Waals surface area contributed by atoms with E-state index in [1.54, 1.807) is 0 Å². The smallest absolute Gasteiger partial charge is 0.135 e. The van der Waals surface area contributed by atoms with Crippen LogP contribution in [0, 0.1) is 0 Å². The highest BCUT2D eigenvalue weighted by molar-refractivity contribution is 7.25. The highest BCUT2D eigenvalue weighted by Crippen LogP contribution is 2.39. The maximum absolute atomic E-state index is 6.07. The first kappa shape index (κ1) is 21.1. The molecule has 3 heterocycles. The van der Waals surface area contributed by atoms with Crippen molar-refractivity contribution in [2.75, 3.05) is 0 Å². The van der Waals surface area contributed by atoms with Crippen LogP contribution in [-0.2, 0) is 0 Å². The summed E-state index contributed by atoms with van der Waals surface area (Å²) in [5.41, 5.74) is 7.88. The molecule has 3 aromatic heterocycles. The minimum Gasteiger partial charge on any atom is -0.456 e. The summed E-state index contributed by atoms with van der Waals surface area (Å²) in [6, 6.07) is 46.0. The molecule has 0 radical (unpaired) electrons. The fourth-order valence-corrected chi connectivity index (χ4v) is 7.28. The molecule has 0 spiro atoms. The molecule has 39 heavy (non-hydrogen) atoms. The number of benzene rings is 6. The first-order valence-corrected chi connectivity index (χ1v) is 14.0. The third-order valence-corrected chi connectivity index (χ3v) is 9.15. The van der Waals surface area contributed by atoms with Gasteiger partial charge in [0.1, 0.15) is 11.2 Å². The van der Waals surface area contributed by atoms with Crippen molar-refractivity contribution in [1.82, 2.24) is 4.57 Å². The van der Waals surface area contributed by atoms with E-state index in [4.69, 9.17) is 4.42 Å². The summed E-state index contributed by atoms with van der Waals surface area (Å²) in [4.78, 5) is 0. The van der Waals surface area contributed by atoms with Crippen molar-refractivity contribution in [2.45, 2.75) is 0 Å². The van der Waals surface area contributed by atoms with Gasteiger partial charge in [-0.15, -0.1) is 11.3 Å². The average Bonchev–Trinajstić information content (AvgIpc) is 3.65. The molecule has 0 aliphatic heterocycles. The van der Waals surface area contributed by atoms with E-state index in [-0.39, 0.29) is 0 Å². The number of hydrogen-bond donors (Lipinski definition) is 0. The summed E-state index contributed by atoms with van der Waals surface area (Å²) in [5, 5.41) is 7.47. The Kier molecular flexibility index (Phi) is 4.24. The summed E-state index contributed by atoms with van der Waals surface area (Å²) in [6.07, 6.45) is 0. The standard InChI is InChI=1S/C36H21NOS/c1-4-10-31-25(7-1)28-19-22(23-14-17-34-29(20-23)26-8-2-5-11-33(26)38-34)13-16-32(28)37(31)24-15-18-36-30(21-24)27-9-3-6-12-35(27)39-36/h1-21H. The maximum Gasteiger partial charge on any atom is 0.135 e. The summed E-state index contributed by atoms with van der Waals surface area (Å²) < 4.78 is 11.1. The van der Waals surface area contributed by atoms with Crippen LogP contribution in [0.25, 0.3) is 80.7 Å². The number of hydrogen-bond acceptors (Lipinski definition) is 2. The second kappa shape index (κ2) is 7.83. The van der Waals surface area contributed by atoms with Crippen molar-refractivity contribution in [2.24, 2.45) is 0 Å². The van der Waals surface area contributed by atoms with Gasteiger partial charge in [-0.3, -0.25) is 0 Å². The van der Waals surface area contributed by atoms with Crippen molar-refractivity contribution in [3.8, 4) is 16.8 Å². The molecule has 9 aromatic rings. The molecule has 0 fully saturated rings. The SMILES string of the molecule is c1ccc2c(c1)oc1ccc(-c3ccc4c(c3)c3ccccc3n4-c3ccc4sc5ccccc5c4c3)cc12. The van der Waals surface area contributed by atoms with E-state index in [0.29, 0.717) is 0 Å². The quantitative estimate of drug-likeness (QED) is 0.224. The van der Waals surface area contributed by atoms with Gasteiger partial charge in [0.2, 0.25) is 0 Å². The molecule has 9 rings (SSSR count). The Morgan fingerprint density at radius 3 is 2.03 bits per heavy atom. The molecule has 182 valence electrons. The van der Waals surface area contributed by atoms with Gasteiger partial charge < -0.3 is 8.98 Å². The lowest BCUT2D eigenvalue weighted by Crippen LogP contribution is -1.93. The molecule has 0 atom stereocenters. The zero-order valence-corrected chi connectivity index (χ0v) is 21.7. The molecule has 0 aliphatic rings. The molecule has 0 bridgehead atoms. The lowest BCUT2D eigenvalue weighted by molar-refractivity contribution is 0.669. The molecular formula is C36H21NOS. The van der Waals surface area contributed by atoms with Gasteiger partial charge in [0.15, 0.2) is 0 Å². The molecule has 3 heteroatoms. The van der Waals surface area contributed by atoms with Crippen LogP contribution < -0.4 is 0 Å². The van der Waals surface area contributed by atoms with E-state index in [0.717, 1.165) is 21.9 Å². The summed E-state index contributed by atoms with van der Waals surface area (Å²) in [5.74, 6) is 0. The van der Waals surface area contributed by atoms with Crippen LogP contribution in [-0.4, -0.2) is 4.57 Å². The monoisotopic (exact) mass is 515 g/mol. The highest BCUT2D eigenvalue weighted by atomic mass is 32.1. The normalized spacial score (nSPS) is 12.1. The van der Waals surface area contributed by atoms with Crippen molar-refractivity contribution in [3.63, 3.8) is 0 Å². The maximum atomic E-state index is 6.07. The van der Waals surface area contributed by atoms with Crippen molar-refractivity contribution in [3.05, 3.63) is 127 Å². The van der Waals surface area contributed by atoms with Gasteiger partial charge in [0, 0.05) is 47.4 Å². The van der Waals surface area contributed by atoms with Gasteiger partial charge in [-0.1, -0.05) is 66.7 Å². The van der Waals surface area contributed by atoms with Crippen LogP contribution in [0.5, 0.6) is 0 Å². The minimum absolute atomic E-state index is 0.925. The second-order valence-electron chi connectivity index (χ2n) is 10.2. The zero-order chi connectivity index (χ0) is 25.5. The predicted molar refractivity (Wildman–Crippen MR) is 166 cm³/mol. The zero-order valence-electron chi connectivity index (χ0n) is 20.9. The lowest BCUT2D eigenvalue weighted by atomic mass is 10.0. The van der Waals surface area contributed by atoms with E-state index < -0.39 is 0 Å². The van der Waals surface area contributed by atoms with E-state index in [1.165, 1.54) is 58.8 Å². The highest BCUT2D eigenvalue weighted by Gasteiger charge is 2.15. The van der Waals surface area contributed by atoms with Gasteiger partial charge in [-0.25, -0.2) is 0 Å². The third-order valence-electron chi connectivity index (χ3n) is 8.00. The van der Waals surface area contributed by atoms with E-state index in [1.807, 2.05) is 23.5 Å². The summed E-state index contributed by atoms with van der Waals surface area (Å²) in [6.45, 7) is 0. The lowest BCUT2D eigenvalue weighted by Gasteiger charge is -2.09. The first-order valence-electron chi connectivity index (χ1n) is 13.2. The third kappa shape index (κ3) is 3.02. The van der Waals surface area contributed by atoms with Crippen LogP contribution >= 0.6 is 11.3 Å². The Morgan fingerprint density at radius 2 is 1.10 bits per heavy atom. The Balaban J connectivity index is 1.28. The van der Waals surface area contributed by atoms with Gasteiger partial charge >= 0.3 is 0 Å². The Bertz CT molecular complexity index is 2400. The summed E-state index contributed by atoms with van der Waals surface area (Å²) in [7, 11) is 0. The number of fused-ring (bicyclic) bond motifs is 9. The molecule has 2 nitrogen and oxygen atoms in total. The van der Waals surface area contributed by atoms with Gasteiger partial charge in [0.05, 0.1) is 11.0 Å². The number of para-hydroxylation sites is 2. The Morgan fingerprint density at radius 1 is 0.436 bits per heavy atom. The van der Waals surface area contributed by atoms with Crippen LogP contribution in [0.4, 0.5) is 0 Å². The fraction of sp³-hybridized carbons (Fsp3) is 0. The Labute approximate surface area is 227 Å².